The van der Waals surface area contributed by atoms with Gasteiger partial charge in [0.2, 0.25) is 11.9 Å². The topological polar surface area (TPSA) is 96.5 Å². The van der Waals surface area contributed by atoms with Gasteiger partial charge in [0.15, 0.2) is 0 Å². The molecule has 6 aliphatic rings. The maximum Gasteiger partial charge on any atom is 0.228 e. The van der Waals surface area contributed by atoms with Gasteiger partial charge in [-0.05, 0) is 31.6 Å². The second-order valence-corrected chi connectivity index (χ2v) is 9.81. The van der Waals surface area contributed by atoms with Gasteiger partial charge in [-0.25, -0.2) is 15.0 Å². The molecule has 6 fully saturated rings. The number of piperazine rings is 1. The van der Waals surface area contributed by atoms with Crippen molar-refractivity contribution in [3.63, 3.8) is 0 Å². The quantitative estimate of drug-likeness (QED) is 0.782. The van der Waals surface area contributed by atoms with Crippen LogP contribution in [0.15, 0.2) is 18.5 Å². The summed E-state index contributed by atoms with van der Waals surface area (Å²) < 4.78 is 5.48. The van der Waals surface area contributed by atoms with Gasteiger partial charge in [-0.1, -0.05) is 0 Å². The van der Waals surface area contributed by atoms with Crippen LogP contribution in [0, 0.1) is 5.92 Å². The number of hydrogen-bond donors (Lipinski definition) is 1. The molecule has 5 aliphatic heterocycles. The lowest BCUT2D eigenvalue weighted by molar-refractivity contribution is -0.0850. The largest absolute Gasteiger partial charge is 0.378 e. The van der Waals surface area contributed by atoms with E-state index in [9.17, 15) is 0 Å². The van der Waals surface area contributed by atoms with E-state index in [0.717, 1.165) is 61.8 Å². The predicted octanol–water partition coefficient (Wildman–Crippen LogP) is 1.17. The van der Waals surface area contributed by atoms with Crippen LogP contribution < -0.4 is 15.5 Å². The second kappa shape index (κ2) is 6.74. The number of hydrogen-bond acceptors (Lipinski definition) is 9. The molecule has 2 aromatic rings. The summed E-state index contributed by atoms with van der Waals surface area (Å²) in [7, 11) is 0. The summed E-state index contributed by atoms with van der Waals surface area (Å²) in [4.78, 5) is 26.0. The van der Waals surface area contributed by atoms with Gasteiger partial charge in [0.05, 0.1) is 24.9 Å². The summed E-state index contributed by atoms with van der Waals surface area (Å²) in [6.07, 6.45) is 8.62. The fourth-order valence-electron chi connectivity index (χ4n) is 6.22. The van der Waals surface area contributed by atoms with E-state index in [1.54, 1.807) is 12.4 Å². The summed E-state index contributed by atoms with van der Waals surface area (Å²) in [5.74, 6) is 2.98. The van der Waals surface area contributed by atoms with Crippen molar-refractivity contribution in [2.24, 2.45) is 5.92 Å². The first kappa shape index (κ1) is 18.1. The normalized spacial score (nSPS) is 32.3. The Morgan fingerprint density at radius 1 is 0.903 bits per heavy atom. The molecule has 162 valence electrons. The van der Waals surface area contributed by atoms with E-state index in [1.165, 1.54) is 25.7 Å². The van der Waals surface area contributed by atoms with Crippen LogP contribution in [0.1, 0.15) is 25.7 Å². The van der Waals surface area contributed by atoms with Crippen molar-refractivity contribution in [2.45, 2.75) is 49.9 Å². The lowest BCUT2D eigenvalue weighted by Gasteiger charge is -2.48. The molecule has 9 nitrogen and oxygen atoms in total. The summed E-state index contributed by atoms with van der Waals surface area (Å²) >= 11 is 0. The number of nitrogens with two attached hydrogens (primary N) is 1. The maximum absolute atomic E-state index is 5.71. The zero-order chi connectivity index (χ0) is 20.5. The number of rotatable bonds is 4. The molecule has 31 heavy (non-hydrogen) atoms. The van der Waals surface area contributed by atoms with Gasteiger partial charge >= 0.3 is 0 Å². The highest BCUT2D eigenvalue weighted by Gasteiger charge is 2.46. The fraction of sp³-hybridized carbons (Fsp3) is 0.636. The van der Waals surface area contributed by atoms with Gasteiger partial charge in [0, 0.05) is 61.8 Å². The standard InChI is InChI=1S/C22H28N8O/c23-21-24-6-14(7-25-21)19-5-20(27-22(26-19)29-8-13-3-17(29)4-13)28-9-15-1-2-16(10-28)30(15)18-11-31-12-18/h5-7,13,15-18H,1-4,8-12H2,(H2,23,24,25). The minimum atomic E-state index is 0.284. The van der Waals surface area contributed by atoms with Crippen LogP contribution in [0.4, 0.5) is 17.7 Å². The van der Waals surface area contributed by atoms with Crippen molar-refractivity contribution in [1.82, 2.24) is 24.8 Å². The Morgan fingerprint density at radius 3 is 2.26 bits per heavy atom. The Labute approximate surface area is 181 Å². The van der Waals surface area contributed by atoms with Crippen LogP contribution >= 0.6 is 0 Å². The van der Waals surface area contributed by atoms with Crippen LogP contribution in [0.3, 0.4) is 0 Å². The summed E-state index contributed by atoms with van der Waals surface area (Å²) in [5.41, 5.74) is 7.48. The van der Waals surface area contributed by atoms with Gasteiger partial charge in [-0.2, -0.15) is 4.98 Å². The molecule has 9 heteroatoms. The molecule has 0 radical (unpaired) electrons. The molecule has 1 aliphatic carbocycles. The molecular weight excluding hydrogens is 392 g/mol. The highest BCUT2D eigenvalue weighted by molar-refractivity contribution is 5.65. The summed E-state index contributed by atoms with van der Waals surface area (Å²) in [6.45, 7) is 4.90. The molecule has 4 bridgehead atoms. The Balaban J connectivity index is 1.23. The number of aromatic nitrogens is 4. The Hall–Kier alpha value is -2.52. The second-order valence-electron chi connectivity index (χ2n) is 9.81. The maximum atomic E-state index is 5.71. The third-order valence-electron chi connectivity index (χ3n) is 7.94. The first-order valence-electron chi connectivity index (χ1n) is 11.5. The van der Waals surface area contributed by atoms with Gasteiger partial charge in [0.1, 0.15) is 5.82 Å². The molecule has 2 aromatic heterocycles. The first-order valence-corrected chi connectivity index (χ1v) is 11.5. The zero-order valence-electron chi connectivity index (χ0n) is 17.6. The van der Waals surface area contributed by atoms with E-state index in [2.05, 4.69) is 30.7 Å². The van der Waals surface area contributed by atoms with Crippen molar-refractivity contribution >= 4 is 17.7 Å². The average molecular weight is 421 g/mol. The molecular formula is C22H28N8O. The first-order chi connectivity index (χ1) is 15.2. The summed E-state index contributed by atoms with van der Waals surface area (Å²) in [6, 6.07) is 4.50. The van der Waals surface area contributed by atoms with E-state index in [4.69, 9.17) is 20.4 Å². The van der Waals surface area contributed by atoms with Crippen LogP contribution in [-0.4, -0.2) is 81.9 Å². The van der Waals surface area contributed by atoms with E-state index >= 15 is 0 Å². The highest BCUT2D eigenvalue weighted by Crippen LogP contribution is 2.43. The molecule has 2 unspecified atom stereocenters. The van der Waals surface area contributed by atoms with Gasteiger partial charge in [0.25, 0.3) is 0 Å². The van der Waals surface area contributed by atoms with Crippen LogP contribution in [0.2, 0.25) is 0 Å². The van der Waals surface area contributed by atoms with E-state index in [-0.39, 0.29) is 5.95 Å². The molecule has 1 saturated carbocycles. The lowest BCUT2D eigenvalue weighted by Crippen LogP contribution is -2.62. The highest BCUT2D eigenvalue weighted by atomic mass is 16.5. The zero-order valence-corrected chi connectivity index (χ0v) is 17.6. The third kappa shape index (κ3) is 2.90. The smallest absolute Gasteiger partial charge is 0.228 e. The van der Waals surface area contributed by atoms with Crippen molar-refractivity contribution < 1.29 is 4.74 Å². The minimum Gasteiger partial charge on any atom is -0.378 e. The number of nitrogen functional groups attached to an aromatic ring is 1. The van der Waals surface area contributed by atoms with Crippen molar-refractivity contribution in [3.05, 3.63) is 18.5 Å². The fourth-order valence-corrected chi connectivity index (χ4v) is 6.22. The molecule has 0 amide bonds. The van der Waals surface area contributed by atoms with E-state index in [0.29, 0.717) is 24.2 Å². The third-order valence-corrected chi connectivity index (χ3v) is 7.94. The molecule has 2 atom stereocenters. The monoisotopic (exact) mass is 420 g/mol. The van der Waals surface area contributed by atoms with E-state index < -0.39 is 0 Å². The van der Waals surface area contributed by atoms with Gasteiger partial charge in [-0.15, -0.1) is 0 Å². The summed E-state index contributed by atoms with van der Waals surface area (Å²) in [5, 5.41) is 0. The molecule has 0 aromatic carbocycles. The van der Waals surface area contributed by atoms with Crippen molar-refractivity contribution in [3.8, 4) is 11.3 Å². The molecule has 0 spiro atoms. The SMILES string of the molecule is Nc1ncc(-c2cc(N3CC4CCC(C3)N4C3COC3)nc(N3CC4CC3C4)n2)cn1. The molecule has 5 saturated heterocycles. The van der Waals surface area contributed by atoms with Crippen molar-refractivity contribution in [1.29, 1.82) is 0 Å². The number of ether oxygens (including phenoxy) is 1. The number of nitrogens with zero attached hydrogens (tertiary/aromatic N) is 7. The number of fused-ring (bicyclic) bond motifs is 3. The van der Waals surface area contributed by atoms with Crippen LogP contribution in [-0.2, 0) is 4.74 Å². The van der Waals surface area contributed by atoms with Crippen molar-refractivity contribution in [2.75, 3.05) is 48.4 Å². The Bertz CT molecular complexity index is 976. The van der Waals surface area contributed by atoms with Crippen LogP contribution in [0.25, 0.3) is 11.3 Å². The predicted molar refractivity (Wildman–Crippen MR) is 117 cm³/mol. The lowest BCUT2D eigenvalue weighted by atomic mass is 9.86. The molecule has 2 N–H and O–H groups in total. The van der Waals surface area contributed by atoms with E-state index in [1.807, 2.05) is 0 Å². The number of anilines is 3. The molecule has 8 rings (SSSR count). The van der Waals surface area contributed by atoms with Crippen LogP contribution in [0.5, 0.6) is 0 Å². The Kier molecular flexibility index (Phi) is 3.93. The molecule has 7 heterocycles. The Morgan fingerprint density at radius 2 is 1.65 bits per heavy atom. The average Bonchev–Trinajstić information content (AvgIpc) is 3.39. The van der Waals surface area contributed by atoms with Gasteiger partial charge in [-0.3, -0.25) is 4.90 Å². The minimum absolute atomic E-state index is 0.284. The van der Waals surface area contributed by atoms with Gasteiger partial charge < -0.3 is 20.3 Å².